The van der Waals surface area contributed by atoms with E-state index in [9.17, 15) is 9.90 Å². The molecular weight excluding hydrogens is 376 g/mol. The Kier molecular flexibility index (Phi) is 6.67. The maximum atomic E-state index is 13.1. The normalized spacial score (nSPS) is 14.6. The lowest BCUT2D eigenvalue weighted by Gasteiger charge is -2.39. The van der Waals surface area contributed by atoms with E-state index in [1.165, 1.54) is 12.3 Å². The van der Waals surface area contributed by atoms with Crippen molar-refractivity contribution in [2.75, 3.05) is 7.11 Å². The minimum absolute atomic E-state index is 0.159. The molecule has 0 radical (unpaired) electrons. The summed E-state index contributed by atoms with van der Waals surface area (Å²) in [4.78, 5) is 13.1. The molecule has 0 fully saturated rings. The summed E-state index contributed by atoms with van der Waals surface area (Å²) in [5.41, 5.74) is 1.62. The number of hydrogen-bond acceptors (Lipinski definition) is 3. The van der Waals surface area contributed by atoms with Crippen LogP contribution in [-0.2, 0) is 9.53 Å². The summed E-state index contributed by atoms with van der Waals surface area (Å²) in [5, 5.41) is 12.6. The molecule has 3 rings (SSSR count). The number of carbonyl (C=O) groups is 1. The predicted molar refractivity (Wildman–Crippen MR) is 120 cm³/mol. The molecular formula is C25H28O3Si. The molecule has 0 aliphatic rings. The number of hydrogen-bond donors (Lipinski definition) is 1. The molecule has 3 nitrogen and oxygen atoms in total. The molecule has 0 aliphatic heterocycles. The van der Waals surface area contributed by atoms with Crippen LogP contribution in [0.5, 0.6) is 0 Å². The summed E-state index contributed by atoms with van der Waals surface area (Å²) in [6, 6.07) is 29.8. The van der Waals surface area contributed by atoms with E-state index < -0.39 is 20.1 Å². The van der Waals surface area contributed by atoms with E-state index in [1.54, 1.807) is 0 Å². The summed E-state index contributed by atoms with van der Waals surface area (Å²) in [5.74, 6) is -1.08. The van der Waals surface area contributed by atoms with Crippen molar-refractivity contribution in [3.8, 4) is 0 Å². The molecule has 0 bridgehead atoms. The van der Waals surface area contributed by atoms with E-state index in [4.69, 9.17) is 4.74 Å². The first-order valence-corrected chi connectivity index (χ1v) is 13.0. The lowest BCUT2D eigenvalue weighted by Crippen LogP contribution is -2.53. The molecule has 0 unspecified atom stereocenters. The van der Waals surface area contributed by atoms with E-state index >= 15 is 0 Å². The number of esters is 1. The van der Waals surface area contributed by atoms with Gasteiger partial charge in [-0.25, -0.2) is 0 Å². The number of benzene rings is 3. The minimum atomic E-state index is -2.25. The highest BCUT2D eigenvalue weighted by molar-refractivity contribution is 6.91. The molecule has 3 atom stereocenters. The van der Waals surface area contributed by atoms with Crippen molar-refractivity contribution in [2.45, 2.75) is 24.7 Å². The fourth-order valence-corrected chi connectivity index (χ4v) is 7.87. The first kappa shape index (κ1) is 21.0. The van der Waals surface area contributed by atoms with Gasteiger partial charge in [0, 0.05) is 0 Å². The quantitative estimate of drug-likeness (QED) is 0.467. The van der Waals surface area contributed by atoms with Crippen LogP contribution in [0.25, 0.3) is 0 Å². The van der Waals surface area contributed by atoms with Gasteiger partial charge in [-0.2, -0.15) is 0 Å². The molecule has 0 saturated heterocycles. The largest absolute Gasteiger partial charge is 0.469 e. The smallest absolute Gasteiger partial charge is 0.311 e. The molecule has 1 N–H and O–H groups in total. The van der Waals surface area contributed by atoms with Crippen molar-refractivity contribution in [3.05, 3.63) is 102 Å². The van der Waals surface area contributed by atoms with Gasteiger partial charge in [-0.05, 0) is 16.7 Å². The third-order valence-corrected chi connectivity index (χ3v) is 9.84. The van der Waals surface area contributed by atoms with Gasteiger partial charge in [0.1, 0.15) is 0 Å². The zero-order valence-corrected chi connectivity index (χ0v) is 18.2. The molecule has 0 saturated carbocycles. The Morgan fingerprint density at radius 1 is 0.793 bits per heavy atom. The van der Waals surface area contributed by atoms with Gasteiger partial charge in [0.2, 0.25) is 0 Å². The highest BCUT2D eigenvalue weighted by Crippen LogP contribution is 2.41. The number of methoxy groups -OCH3 is 1. The number of aliphatic hydroxyl groups is 1. The first-order valence-electron chi connectivity index (χ1n) is 9.88. The topological polar surface area (TPSA) is 46.5 Å². The number of carbonyl (C=O) groups excluding carboxylic acids is 1. The maximum Gasteiger partial charge on any atom is 0.311 e. The SMILES string of the molecule is COC(=O)[C@@H]([C@@H](O)c1ccccc1)[C@H](c1ccccc1)[Si](C)(C)c1ccccc1. The second kappa shape index (κ2) is 9.20. The highest BCUT2D eigenvalue weighted by Gasteiger charge is 2.46. The van der Waals surface area contributed by atoms with Crippen LogP contribution >= 0.6 is 0 Å². The van der Waals surface area contributed by atoms with Crippen LogP contribution in [0, 0.1) is 5.92 Å². The molecule has 0 amide bonds. The molecule has 0 heterocycles. The maximum absolute atomic E-state index is 13.1. The van der Waals surface area contributed by atoms with Gasteiger partial charge in [0.15, 0.2) is 0 Å². The van der Waals surface area contributed by atoms with Crippen LogP contribution in [0.4, 0.5) is 0 Å². The Labute approximate surface area is 174 Å². The predicted octanol–water partition coefficient (Wildman–Crippen LogP) is 4.45. The number of aliphatic hydroxyl groups excluding tert-OH is 1. The van der Waals surface area contributed by atoms with Crippen LogP contribution in [0.3, 0.4) is 0 Å². The summed E-state index contributed by atoms with van der Waals surface area (Å²) in [6.45, 7) is 4.52. The summed E-state index contributed by atoms with van der Waals surface area (Å²) in [6.07, 6.45) is -0.954. The Hall–Kier alpha value is -2.69. The second-order valence-electron chi connectivity index (χ2n) is 7.88. The van der Waals surface area contributed by atoms with Gasteiger partial charge < -0.3 is 9.84 Å². The van der Waals surface area contributed by atoms with Crippen LogP contribution in [0.1, 0.15) is 22.8 Å². The van der Waals surface area contributed by atoms with E-state index in [1.807, 2.05) is 66.7 Å². The third-order valence-electron chi connectivity index (χ3n) is 5.77. The van der Waals surface area contributed by atoms with Gasteiger partial charge in [0.25, 0.3) is 0 Å². The van der Waals surface area contributed by atoms with E-state index in [0.29, 0.717) is 0 Å². The molecule has 29 heavy (non-hydrogen) atoms. The lowest BCUT2D eigenvalue weighted by molar-refractivity contribution is -0.150. The minimum Gasteiger partial charge on any atom is -0.469 e. The molecule has 3 aromatic carbocycles. The summed E-state index contributed by atoms with van der Waals surface area (Å²) in [7, 11) is -0.853. The Morgan fingerprint density at radius 3 is 1.72 bits per heavy atom. The van der Waals surface area contributed by atoms with Crippen molar-refractivity contribution in [1.82, 2.24) is 0 Å². The Bertz CT molecular complexity index is 911. The average molecular weight is 405 g/mol. The third kappa shape index (κ3) is 4.49. The van der Waals surface area contributed by atoms with Gasteiger partial charge in [-0.3, -0.25) is 4.79 Å². The van der Waals surface area contributed by atoms with Crippen LogP contribution in [0.15, 0.2) is 91.0 Å². The Balaban J connectivity index is 2.18. The molecule has 0 aromatic heterocycles. The van der Waals surface area contributed by atoms with E-state index in [2.05, 4.69) is 37.4 Å². The Morgan fingerprint density at radius 2 is 1.24 bits per heavy atom. The van der Waals surface area contributed by atoms with Gasteiger partial charge >= 0.3 is 5.97 Å². The molecule has 3 aromatic rings. The van der Waals surface area contributed by atoms with Crippen molar-refractivity contribution in [3.63, 3.8) is 0 Å². The second-order valence-corrected chi connectivity index (χ2v) is 12.5. The van der Waals surface area contributed by atoms with Crippen molar-refractivity contribution in [1.29, 1.82) is 0 Å². The molecule has 0 aliphatic carbocycles. The van der Waals surface area contributed by atoms with Crippen molar-refractivity contribution >= 4 is 19.2 Å². The molecule has 150 valence electrons. The standard InChI is InChI=1S/C25H28O3Si/c1-28-25(27)22(23(26)19-13-7-4-8-14-19)24(20-15-9-5-10-16-20)29(2,3)21-17-11-6-12-18-21/h4-18,22-24,26H,1-3H3/t22-,23-,24-/m0/s1. The molecule has 4 heteroatoms. The summed E-state index contributed by atoms with van der Waals surface area (Å²) >= 11 is 0. The molecule has 0 spiro atoms. The van der Waals surface area contributed by atoms with Gasteiger partial charge in [-0.15, -0.1) is 0 Å². The highest BCUT2D eigenvalue weighted by atomic mass is 28.3. The van der Waals surface area contributed by atoms with Gasteiger partial charge in [0.05, 0.1) is 27.2 Å². The van der Waals surface area contributed by atoms with E-state index in [-0.39, 0.29) is 11.5 Å². The van der Waals surface area contributed by atoms with Crippen LogP contribution in [0.2, 0.25) is 13.1 Å². The van der Waals surface area contributed by atoms with Crippen LogP contribution < -0.4 is 5.19 Å². The first-order chi connectivity index (χ1) is 14.0. The van der Waals surface area contributed by atoms with Crippen LogP contribution in [-0.4, -0.2) is 26.3 Å². The zero-order chi connectivity index (χ0) is 20.9. The van der Waals surface area contributed by atoms with Crippen molar-refractivity contribution in [2.24, 2.45) is 5.92 Å². The lowest BCUT2D eigenvalue weighted by atomic mass is 9.89. The average Bonchev–Trinajstić information content (AvgIpc) is 2.78. The monoisotopic (exact) mass is 404 g/mol. The fourth-order valence-electron chi connectivity index (χ4n) is 4.22. The van der Waals surface area contributed by atoms with E-state index in [0.717, 1.165) is 11.1 Å². The summed E-state index contributed by atoms with van der Waals surface area (Å²) < 4.78 is 5.21. The van der Waals surface area contributed by atoms with Gasteiger partial charge in [-0.1, -0.05) is 109 Å². The number of rotatable bonds is 7. The van der Waals surface area contributed by atoms with Crippen molar-refractivity contribution < 1.29 is 14.6 Å². The number of ether oxygens (including phenoxy) is 1. The fraction of sp³-hybridized carbons (Fsp3) is 0.240. The zero-order valence-electron chi connectivity index (χ0n) is 17.2.